The molecule has 27 heavy (non-hydrogen) atoms. The van der Waals surface area contributed by atoms with Crippen LogP contribution in [0.25, 0.3) is 0 Å². The zero-order chi connectivity index (χ0) is 19.3. The van der Waals surface area contributed by atoms with Gasteiger partial charge in [-0.15, -0.1) is 0 Å². The molecule has 0 saturated carbocycles. The molecule has 136 valence electrons. The molecule has 1 fully saturated rings. The Hall–Kier alpha value is -3.12. The first kappa shape index (κ1) is 17.3. The van der Waals surface area contributed by atoms with Gasteiger partial charge in [-0.25, -0.2) is 4.90 Å². The van der Waals surface area contributed by atoms with Crippen LogP contribution in [0.4, 0.5) is 11.4 Å². The molecule has 0 bridgehead atoms. The monoisotopic (exact) mass is 381 g/mol. The number of hydrogen-bond acceptors (Lipinski definition) is 5. The molecule has 0 radical (unpaired) electrons. The van der Waals surface area contributed by atoms with Crippen LogP contribution < -0.4 is 15.3 Å². The van der Waals surface area contributed by atoms with Crippen molar-refractivity contribution in [2.45, 2.75) is 19.9 Å². The fourth-order valence-corrected chi connectivity index (χ4v) is 3.66. The molecule has 6 nitrogen and oxygen atoms in total. The largest absolute Gasteiger partial charge is 0.293 e. The number of nitrogens with one attached hydrogen (secondary N) is 1. The van der Waals surface area contributed by atoms with Crippen LogP contribution in [-0.4, -0.2) is 23.6 Å². The highest BCUT2D eigenvalue weighted by Gasteiger charge is 2.53. The third-order valence-corrected chi connectivity index (χ3v) is 4.95. The van der Waals surface area contributed by atoms with E-state index in [4.69, 9.17) is 11.6 Å². The lowest BCUT2D eigenvalue weighted by molar-refractivity contribution is -0.121. The highest BCUT2D eigenvalue weighted by atomic mass is 35.5. The summed E-state index contributed by atoms with van der Waals surface area (Å²) in [6, 6.07) is 13.1. The molecule has 7 heteroatoms. The summed E-state index contributed by atoms with van der Waals surface area (Å²) in [5, 5.41) is 2.01. The van der Waals surface area contributed by atoms with Crippen molar-refractivity contribution in [3.05, 3.63) is 70.4 Å². The Morgan fingerprint density at radius 3 is 2.52 bits per heavy atom. The second kappa shape index (κ2) is 6.25. The maximum Gasteiger partial charge on any atom is 0.266 e. The van der Waals surface area contributed by atoms with Crippen LogP contribution in [0, 0.1) is 6.92 Å². The quantitative estimate of drug-likeness (QED) is 0.828. The van der Waals surface area contributed by atoms with Crippen molar-refractivity contribution in [3.8, 4) is 0 Å². The summed E-state index contributed by atoms with van der Waals surface area (Å²) in [7, 11) is 0. The Bertz CT molecular complexity index is 1030. The SMILES string of the molecule is CC(=O)C1=C2C(=O)N(c3cccc(Cl)c3)C(=O)[C@@H]2N(c2ccccc2C)N1. The minimum absolute atomic E-state index is 0.145. The highest BCUT2D eigenvalue weighted by molar-refractivity contribution is 6.35. The standard InChI is InChI=1S/C20H16ClN3O3/c1-11-6-3-4-9-15(11)24-18-16(17(22-24)12(2)25)19(26)23(20(18)27)14-8-5-7-13(21)10-14/h3-10,18,22H,1-2H3/t18-/m1/s1. The summed E-state index contributed by atoms with van der Waals surface area (Å²) in [6.45, 7) is 3.27. The minimum atomic E-state index is -0.906. The van der Waals surface area contributed by atoms with Gasteiger partial charge >= 0.3 is 0 Å². The molecule has 2 aliphatic rings. The summed E-state index contributed by atoms with van der Waals surface area (Å²) < 4.78 is 0. The average molecular weight is 382 g/mol. The van der Waals surface area contributed by atoms with Gasteiger partial charge < -0.3 is 0 Å². The molecule has 1 atom stereocenters. The van der Waals surface area contributed by atoms with Crippen LogP contribution in [0.5, 0.6) is 0 Å². The number of nitrogens with zero attached hydrogens (tertiary/aromatic N) is 2. The smallest absolute Gasteiger partial charge is 0.266 e. The number of rotatable bonds is 3. The first-order chi connectivity index (χ1) is 12.9. The lowest BCUT2D eigenvalue weighted by Gasteiger charge is -2.27. The first-order valence-electron chi connectivity index (χ1n) is 8.40. The molecule has 2 aromatic rings. The van der Waals surface area contributed by atoms with Crippen molar-refractivity contribution in [1.82, 2.24) is 5.43 Å². The van der Waals surface area contributed by atoms with Gasteiger partial charge in [0, 0.05) is 11.9 Å². The van der Waals surface area contributed by atoms with E-state index in [-0.39, 0.29) is 17.1 Å². The van der Waals surface area contributed by atoms with E-state index in [9.17, 15) is 14.4 Å². The van der Waals surface area contributed by atoms with Gasteiger partial charge in [0.05, 0.1) is 16.9 Å². The number of fused-ring (bicyclic) bond motifs is 1. The van der Waals surface area contributed by atoms with Gasteiger partial charge in [0.15, 0.2) is 11.8 Å². The van der Waals surface area contributed by atoms with Crippen molar-refractivity contribution in [1.29, 1.82) is 0 Å². The van der Waals surface area contributed by atoms with E-state index < -0.39 is 17.9 Å². The van der Waals surface area contributed by atoms with Crippen molar-refractivity contribution in [3.63, 3.8) is 0 Å². The lowest BCUT2D eigenvalue weighted by Crippen LogP contribution is -2.46. The van der Waals surface area contributed by atoms with Gasteiger partial charge in [-0.3, -0.25) is 24.8 Å². The number of aryl methyl sites for hydroxylation is 1. The second-order valence-electron chi connectivity index (χ2n) is 6.47. The molecule has 0 aliphatic carbocycles. The summed E-state index contributed by atoms with van der Waals surface area (Å²) in [4.78, 5) is 39.5. The van der Waals surface area contributed by atoms with Crippen LogP contribution in [0.3, 0.4) is 0 Å². The van der Waals surface area contributed by atoms with Gasteiger partial charge in [-0.05, 0) is 36.8 Å². The number of hydrazine groups is 1. The van der Waals surface area contributed by atoms with E-state index in [1.165, 1.54) is 6.92 Å². The number of carbonyl (C=O) groups excluding carboxylic acids is 3. The van der Waals surface area contributed by atoms with Gasteiger partial charge in [-0.1, -0.05) is 35.9 Å². The number of carbonyl (C=O) groups is 3. The molecular formula is C20H16ClN3O3. The maximum absolute atomic E-state index is 13.2. The number of Topliss-reactive ketones (excluding diaryl/α,β-unsaturated/α-hetero) is 1. The topological polar surface area (TPSA) is 69.7 Å². The van der Waals surface area contributed by atoms with Crippen LogP contribution in [0.15, 0.2) is 59.8 Å². The van der Waals surface area contributed by atoms with E-state index in [2.05, 4.69) is 5.43 Å². The van der Waals surface area contributed by atoms with E-state index >= 15 is 0 Å². The Morgan fingerprint density at radius 1 is 1.11 bits per heavy atom. The zero-order valence-corrected chi connectivity index (χ0v) is 15.4. The average Bonchev–Trinajstić information content (AvgIpc) is 3.13. The number of imide groups is 1. The van der Waals surface area contributed by atoms with Crippen LogP contribution >= 0.6 is 11.6 Å². The molecule has 0 spiro atoms. The Morgan fingerprint density at radius 2 is 1.85 bits per heavy atom. The third kappa shape index (κ3) is 2.61. The summed E-state index contributed by atoms with van der Waals surface area (Å²) in [6.07, 6.45) is 0. The molecule has 2 aromatic carbocycles. The normalized spacial score (nSPS) is 18.9. The number of anilines is 2. The first-order valence-corrected chi connectivity index (χ1v) is 8.78. The molecule has 4 rings (SSSR count). The zero-order valence-electron chi connectivity index (χ0n) is 14.7. The van der Waals surface area contributed by atoms with E-state index in [1.54, 1.807) is 29.3 Å². The summed E-state index contributed by atoms with van der Waals surface area (Å²) >= 11 is 6.03. The van der Waals surface area contributed by atoms with Gasteiger partial charge in [0.1, 0.15) is 5.70 Å². The highest BCUT2D eigenvalue weighted by Crippen LogP contribution is 2.38. The number of benzene rings is 2. The molecule has 0 unspecified atom stereocenters. The van der Waals surface area contributed by atoms with Crippen molar-refractivity contribution in [2.75, 3.05) is 9.91 Å². The van der Waals surface area contributed by atoms with Crippen LogP contribution in [-0.2, 0) is 14.4 Å². The number of halogens is 1. The fourth-order valence-electron chi connectivity index (χ4n) is 3.47. The second-order valence-corrected chi connectivity index (χ2v) is 6.91. The lowest BCUT2D eigenvalue weighted by atomic mass is 10.1. The Balaban J connectivity index is 1.85. The summed E-state index contributed by atoms with van der Waals surface area (Å²) in [5.41, 5.74) is 5.29. The molecule has 2 heterocycles. The summed E-state index contributed by atoms with van der Waals surface area (Å²) in [5.74, 6) is -1.24. The molecule has 2 aliphatic heterocycles. The number of amides is 2. The number of para-hydroxylation sites is 1. The number of hydrogen-bond donors (Lipinski definition) is 1. The fraction of sp³-hybridized carbons (Fsp3) is 0.150. The van der Waals surface area contributed by atoms with E-state index in [0.717, 1.165) is 16.2 Å². The maximum atomic E-state index is 13.2. The van der Waals surface area contributed by atoms with Crippen LogP contribution in [0.1, 0.15) is 12.5 Å². The Kier molecular flexibility index (Phi) is 4.00. The van der Waals surface area contributed by atoms with Crippen molar-refractivity contribution >= 4 is 40.6 Å². The Labute approximate surface area is 161 Å². The molecule has 2 amide bonds. The van der Waals surface area contributed by atoms with Crippen molar-refractivity contribution in [2.24, 2.45) is 0 Å². The third-order valence-electron chi connectivity index (χ3n) is 4.71. The predicted molar refractivity (Wildman–Crippen MR) is 102 cm³/mol. The van der Waals surface area contributed by atoms with Gasteiger partial charge in [0.2, 0.25) is 0 Å². The van der Waals surface area contributed by atoms with Gasteiger partial charge in [0.25, 0.3) is 11.8 Å². The van der Waals surface area contributed by atoms with Crippen LogP contribution in [0.2, 0.25) is 5.02 Å². The number of ketones is 1. The molecule has 1 N–H and O–H groups in total. The van der Waals surface area contributed by atoms with Gasteiger partial charge in [-0.2, -0.15) is 0 Å². The van der Waals surface area contributed by atoms with Crippen molar-refractivity contribution < 1.29 is 14.4 Å². The predicted octanol–water partition coefficient (Wildman–Crippen LogP) is 2.76. The minimum Gasteiger partial charge on any atom is -0.293 e. The molecule has 1 saturated heterocycles. The molecule has 0 aromatic heterocycles. The van der Waals surface area contributed by atoms with E-state index in [1.807, 2.05) is 31.2 Å². The number of allylic oxidation sites excluding steroid dienone is 1. The van der Waals surface area contributed by atoms with E-state index in [0.29, 0.717) is 10.7 Å². The molecular weight excluding hydrogens is 366 g/mol.